The molecule has 0 spiro atoms. The van der Waals surface area contributed by atoms with Crippen molar-refractivity contribution in [2.75, 3.05) is 19.8 Å². The quantitative estimate of drug-likeness (QED) is 0.0277. The fourth-order valence-corrected chi connectivity index (χ4v) is 8.42. The van der Waals surface area contributed by atoms with E-state index in [2.05, 4.69) is 24.5 Å². The summed E-state index contributed by atoms with van der Waals surface area (Å²) in [5.74, 6) is 0. The minimum atomic E-state index is -1.62. The van der Waals surface area contributed by atoms with Crippen LogP contribution in [-0.2, 0) is 9.47 Å². The fraction of sp³-hybridized carbons (Fsp3) is 0.980. The predicted octanol–water partition coefficient (Wildman–Crippen LogP) is 9.89. The van der Waals surface area contributed by atoms with Gasteiger partial charge in [-0.1, -0.05) is 226 Å². The SMILES string of the molecule is CCCCCCCCCCCCCCCCCCCCCCCCNC(=O)N[C@@H](CO[C@H]1OC(CO)[C@H](O)[C@H](O)C1O)[C@H](O)[C@H](O)CCCCCCCCCCCCCC. The van der Waals surface area contributed by atoms with Gasteiger partial charge in [-0.3, -0.25) is 0 Å². The van der Waals surface area contributed by atoms with E-state index in [0.717, 1.165) is 44.9 Å². The molecule has 1 saturated heterocycles. The predicted molar refractivity (Wildman–Crippen MR) is 245 cm³/mol. The molecule has 2 unspecified atom stereocenters. The number of unbranched alkanes of at least 4 members (excludes halogenated alkanes) is 32. The lowest BCUT2D eigenvalue weighted by Crippen LogP contribution is -2.60. The largest absolute Gasteiger partial charge is 0.394 e. The summed E-state index contributed by atoms with van der Waals surface area (Å²) in [7, 11) is 0. The third-order valence-corrected chi connectivity index (χ3v) is 12.6. The Bertz CT molecular complexity index is 931. The van der Waals surface area contributed by atoms with E-state index in [-0.39, 0.29) is 6.61 Å². The van der Waals surface area contributed by atoms with Gasteiger partial charge >= 0.3 is 6.03 Å². The number of nitrogens with one attached hydrogen (secondary N) is 2. The van der Waals surface area contributed by atoms with Crippen molar-refractivity contribution in [1.29, 1.82) is 0 Å². The zero-order chi connectivity index (χ0) is 43.9. The van der Waals surface area contributed by atoms with Gasteiger partial charge in [-0.15, -0.1) is 0 Å². The number of carbonyl (C=O) groups excluding carboxylic acids is 1. The van der Waals surface area contributed by atoms with Crippen molar-refractivity contribution in [2.45, 2.75) is 288 Å². The average Bonchev–Trinajstić information content (AvgIpc) is 3.25. The van der Waals surface area contributed by atoms with Crippen molar-refractivity contribution >= 4 is 6.03 Å². The van der Waals surface area contributed by atoms with E-state index in [1.54, 1.807) is 0 Å². The van der Waals surface area contributed by atoms with Crippen LogP contribution in [0, 0.1) is 0 Å². The molecule has 1 rings (SSSR count). The Kier molecular flexibility index (Phi) is 38.6. The molecule has 0 bridgehead atoms. The minimum Gasteiger partial charge on any atom is -0.394 e. The summed E-state index contributed by atoms with van der Waals surface area (Å²) in [6.07, 6.45) is 33.9. The molecule has 0 aromatic rings. The van der Waals surface area contributed by atoms with E-state index < -0.39 is 61.6 Å². The first-order valence-corrected chi connectivity index (χ1v) is 25.6. The van der Waals surface area contributed by atoms with Gasteiger partial charge in [0.2, 0.25) is 0 Å². The maximum absolute atomic E-state index is 12.9. The van der Waals surface area contributed by atoms with E-state index in [9.17, 15) is 35.4 Å². The minimum absolute atomic E-state index is 0.341. The Morgan fingerprint density at radius 3 is 1.28 bits per heavy atom. The number of ether oxygens (including phenoxy) is 2. The standard InChI is InChI=1S/C49H98N2O9/c1-3-5-7-9-11-13-15-17-18-19-20-21-22-23-24-25-26-28-30-32-34-36-38-50-49(58)51-41(40-59-48-47(57)46(56)45(55)43(39-52)60-48)44(54)42(53)37-35-33-31-29-27-16-14-12-10-8-6-4-2/h41-48,52-57H,3-40H2,1-2H3,(H2,50,51,58)/t41-,42+,43?,44-,45-,46-,47?,48-/m0/s1. The molecule has 0 aromatic heterocycles. The van der Waals surface area contributed by atoms with Gasteiger partial charge in [0.05, 0.1) is 25.4 Å². The van der Waals surface area contributed by atoms with E-state index in [0.29, 0.717) is 13.0 Å². The molecule has 0 radical (unpaired) electrons. The zero-order valence-corrected chi connectivity index (χ0v) is 38.9. The lowest BCUT2D eigenvalue weighted by atomic mass is 9.98. The smallest absolute Gasteiger partial charge is 0.315 e. The Morgan fingerprint density at radius 1 is 0.533 bits per heavy atom. The zero-order valence-electron chi connectivity index (χ0n) is 38.9. The molecule has 1 heterocycles. The highest BCUT2D eigenvalue weighted by Gasteiger charge is 2.44. The number of aliphatic hydroxyl groups excluding tert-OH is 6. The Balaban J connectivity index is 2.26. The molecule has 11 heteroatoms. The van der Waals surface area contributed by atoms with Crippen LogP contribution in [0.15, 0.2) is 0 Å². The van der Waals surface area contributed by atoms with Crippen molar-refractivity contribution in [3.63, 3.8) is 0 Å². The Hall–Kier alpha value is -1.05. The number of carbonyl (C=O) groups is 1. The summed E-state index contributed by atoms with van der Waals surface area (Å²) in [6, 6.07) is -1.55. The molecule has 8 atom stereocenters. The van der Waals surface area contributed by atoms with Crippen LogP contribution in [0.3, 0.4) is 0 Å². The maximum Gasteiger partial charge on any atom is 0.315 e. The van der Waals surface area contributed by atoms with Gasteiger partial charge in [0.1, 0.15) is 30.5 Å². The first kappa shape index (κ1) is 57.0. The fourth-order valence-electron chi connectivity index (χ4n) is 8.42. The van der Waals surface area contributed by atoms with Crippen molar-refractivity contribution in [3.05, 3.63) is 0 Å². The van der Waals surface area contributed by atoms with Gasteiger partial charge in [-0.25, -0.2) is 4.79 Å². The van der Waals surface area contributed by atoms with Gasteiger partial charge in [-0.05, 0) is 12.8 Å². The molecule has 2 amide bonds. The molecule has 1 aliphatic heterocycles. The monoisotopic (exact) mass is 859 g/mol. The van der Waals surface area contributed by atoms with Gasteiger partial charge in [-0.2, -0.15) is 0 Å². The summed E-state index contributed by atoms with van der Waals surface area (Å²) in [6.45, 7) is 4.05. The number of amides is 2. The molecule has 1 fully saturated rings. The van der Waals surface area contributed by atoms with Crippen LogP contribution in [-0.4, -0.2) is 105 Å². The number of hydrogen-bond acceptors (Lipinski definition) is 9. The summed E-state index contributed by atoms with van der Waals surface area (Å²) in [5, 5.41) is 67.9. The number of aliphatic hydroxyl groups is 6. The van der Waals surface area contributed by atoms with Crippen molar-refractivity contribution in [2.24, 2.45) is 0 Å². The lowest BCUT2D eigenvalue weighted by molar-refractivity contribution is -0.303. The molecule has 0 aliphatic carbocycles. The molecule has 11 nitrogen and oxygen atoms in total. The molecule has 1 aliphatic rings. The molecular weight excluding hydrogens is 761 g/mol. The maximum atomic E-state index is 12.9. The van der Waals surface area contributed by atoms with Gasteiger partial charge in [0, 0.05) is 6.54 Å². The van der Waals surface area contributed by atoms with Gasteiger partial charge in [0.25, 0.3) is 0 Å². The third-order valence-electron chi connectivity index (χ3n) is 12.6. The second-order valence-electron chi connectivity index (χ2n) is 18.2. The average molecular weight is 859 g/mol. The van der Waals surface area contributed by atoms with Crippen LogP contribution in [0.2, 0.25) is 0 Å². The van der Waals surface area contributed by atoms with Crippen LogP contribution < -0.4 is 10.6 Å². The number of rotatable bonds is 43. The van der Waals surface area contributed by atoms with E-state index in [1.165, 1.54) is 173 Å². The normalized spacial score (nSPS) is 20.9. The highest BCUT2D eigenvalue weighted by atomic mass is 16.7. The summed E-state index contributed by atoms with van der Waals surface area (Å²) in [4.78, 5) is 12.9. The second-order valence-corrected chi connectivity index (χ2v) is 18.2. The summed E-state index contributed by atoms with van der Waals surface area (Å²) >= 11 is 0. The van der Waals surface area contributed by atoms with Crippen molar-refractivity contribution < 1.29 is 44.9 Å². The van der Waals surface area contributed by atoms with Gasteiger partial charge in [0.15, 0.2) is 6.29 Å². The summed E-state index contributed by atoms with van der Waals surface area (Å²) < 4.78 is 11.1. The molecule has 0 aromatic carbocycles. The van der Waals surface area contributed by atoms with Crippen LogP contribution in [0.5, 0.6) is 0 Å². The summed E-state index contributed by atoms with van der Waals surface area (Å²) in [5.41, 5.74) is 0. The number of hydrogen-bond donors (Lipinski definition) is 8. The van der Waals surface area contributed by atoms with Crippen LogP contribution in [0.1, 0.15) is 239 Å². The van der Waals surface area contributed by atoms with E-state index in [1.807, 2.05) is 0 Å². The first-order valence-electron chi connectivity index (χ1n) is 25.6. The van der Waals surface area contributed by atoms with E-state index in [4.69, 9.17) is 9.47 Å². The lowest BCUT2D eigenvalue weighted by Gasteiger charge is -2.40. The van der Waals surface area contributed by atoms with Crippen LogP contribution in [0.4, 0.5) is 4.79 Å². The molecule has 0 saturated carbocycles. The highest BCUT2D eigenvalue weighted by Crippen LogP contribution is 2.23. The van der Waals surface area contributed by atoms with E-state index >= 15 is 0 Å². The number of urea groups is 1. The van der Waals surface area contributed by atoms with Crippen LogP contribution in [0.25, 0.3) is 0 Å². The van der Waals surface area contributed by atoms with Crippen molar-refractivity contribution in [1.82, 2.24) is 10.6 Å². The Morgan fingerprint density at radius 2 is 0.900 bits per heavy atom. The molecule has 8 N–H and O–H groups in total. The van der Waals surface area contributed by atoms with Gasteiger partial charge < -0.3 is 50.7 Å². The highest BCUT2D eigenvalue weighted by molar-refractivity contribution is 5.74. The molecule has 60 heavy (non-hydrogen) atoms. The Labute approximate surface area is 368 Å². The van der Waals surface area contributed by atoms with Crippen molar-refractivity contribution in [3.8, 4) is 0 Å². The van der Waals surface area contributed by atoms with Crippen LogP contribution >= 0.6 is 0 Å². The molecule has 358 valence electrons. The molecular formula is C49H98N2O9. The third kappa shape index (κ3) is 30.1. The second kappa shape index (κ2) is 40.7. The topological polar surface area (TPSA) is 181 Å². The first-order chi connectivity index (χ1) is 29.3.